The number of hydrogen-bond donors (Lipinski definition) is 3. The van der Waals surface area contributed by atoms with E-state index >= 15 is 0 Å². The second kappa shape index (κ2) is 8.01. The molecule has 3 rings (SSSR count). The lowest BCUT2D eigenvalue weighted by Crippen LogP contribution is -2.22. The molecule has 0 saturated heterocycles. The van der Waals surface area contributed by atoms with E-state index in [0.717, 1.165) is 24.5 Å². The van der Waals surface area contributed by atoms with E-state index < -0.39 is 44.4 Å². The van der Waals surface area contributed by atoms with Crippen molar-refractivity contribution in [1.29, 1.82) is 0 Å². The van der Waals surface area contributed by atoms with Gasteiger partial charge in [0.25, 0.3) is 10.0 Å². The Morgan fingerprint density at radius 3 is 2.28 bits per heavy atom. The van der Waals surface area contributed by atoms with E-state index in [1.165, 1.54) is 12.3 Å². The van der Waals surface area contributed by atoms with Crippen LogP contribution in [-0.2, 0) is 10.0 Å². The van der Waals surface area contributed by atoms with Gasteiger partial charge >= 0.3 is 0 Å². The maximum atomic E-state index is 14.4. The fraction of sp³-hybridized carbons (Fsp3) is 0.0588. The van der Waals surface area contributed by atoms with Crippen molar-refractivity contribution < 1.29 is 26.0 Å². The molecule has 0 radical (unpaired) electrons. The minimum Gasteiger partial charge on any atom is -0.366 e. The molecule has 1 heterocycles. The van der Waals surface area contributed by atoms with Crippen LogP contribution in [0.4, 0.5) is 29.1 Å². The van der Waals surface area contributed by atoms with Gasteiger partial charge in [-0.25, -0.2) is 35.9 Å². The maximum absolute atomic E-state index is 14.4. The Morgan fingerprint density at radius 2 is 1.66 bits per heavy atom. The Bertz CT molecular complexity index is 1120. The fourth-order valence-corrected chi connectivity index (χ4v) is 3.58. The van der Waals surface area contributed by atoms with E-state index in [-0.39, 0.29) is 17.1 Å². The number of sulfonamides is 1. The highest BCUT2D eigenvalue weighted by atomic mass is 32.2. The molecule has 1 atom stereocenters. The monoisotopic (exact) mass is 427 g/mol. The third-order valence-electron chi connectivity index (χ3n) is 3.70. The van der Waals surface area contributed by atoms with E-state index in [4.69, 9.17) is 5.73 Å². The molecule has 0 bridgehead atoms. The molecule has 0 aliphatic heterocycles. The van der Waals surface area contributed by atoms with Crippen molar-refractivity contribution in [1.82, 2.24) is 9.97 Å². The summed E-state index contributed by atoms with van der Waals surface area (Å²) in [6, 6.07) is 5.07. The zero-order valence-corrected chi connectivity index (χ0v) is 15.2. The number of anilines is 2. The Kier molecular flexibility index (Phi) is 5.66. The number of aromatic nitrogens is 2. The van der Waals surface area contributed by atoms with Gasteiger partial charge in [0.05, 0.1) is 0 Å². The van der Waals surface area contributed by atoms with Crippen LogP contribution in [-0.4, -0.2) is 18.4 Å². The molecule has 2 aromatic carbocycles. The summed E-state index contributed by atoms with van der Waals surface area (Å²) in [7, 11) is -4.64. The first-order chi connectivity index (χ1) is 13.7. The molecular formula is C17H13F4N5O2S. The summed E-state index contributed by atoms with van der Waals surface area (Å²) >= 11 is 0. The SMILES string of the molecule is N[C@H](Nc1cc(F)c(S(=O)(=O)Nc2ccncn2)c(F)c1)c1cc(F)ccc1F. The van der Waals surface area contributed by atoms with Gasteiger partial charge in [0.2, 0.25) is 0 Å². The largest absolute Gasteiger partial charge is 0.366 e. The van der Waals surface area contributed by atoms with Crippen LogP contribution in [0.5, 0.6) is 0 Å². The van der Waals surface area contributed by atoms with E-state index in [9.17, 15) is 26.0 Å². The van der Waals surface area contributed by atoms with Gasteiger partial charge in [-0.2, -0.15) is 0 Å². The predicted molar refractivity (Wildman–Crippen MR) is 96.1 cm³/mol. The normalized spacial score (nSPS) is 12.4. The maximum Gasteiger partial charge on any atom is 0.268 e. The molecule has 0 fully saturated rings. The van der Waals surface area contributed by atoms with Crippen molar-refractivity contribution in [2.45, 2.75) is 11.1 Å². The number of nitrogens with one attached hydrogen (secondary N) is 2. The smallest absolute Gasteiger partial charge is 0.268 e. The van der Waals surface area contributed by atoms with Gasteiger partial charge in [-0.1, -0.05) is 0 Å². The first-order valence-corrected chi connectivity index (χ1v) is 9.40. The Labute approximate surface area is 162 Å². The standard InChI is InChI=1S/C17H13F4N5O2S/c18-9-1-2-12(19)11(5-9)17(22)25-10-6-13(20)16(14(21)7-10)29(27,28)26-15-3-4-23-8-24-15/h1-8,17,25H,22H2,(H,23,24,26)/t17-/m1/s1. The van der Waals surface area contributed by atoms with Gasteiger partial charge in [-0.05, 0) is 36.4 Å². The molecular weight excluding hydrogens is 414 g/mol. The molecule has 0 unspecified atom stereocenters. The molecule has 7 nitrogen and oxygen atoms in total. The van der Waals surface area contributed by atoms with E-state index in [1.807, 2.05) is 4.72 Å². The molecule has 1 aromatic heterocycles. The molecule has 0 aliphatic carbocycles. The molecule has 3 aromatic rings. The van der Waals surface area contributed by atoms with Crippen molar-refractivity contribution >= 4 is 21.5 Å². The Balaban J connectivity index is 1.88. The van der Waals surface area contributed by atoms with Crippen molar-refractivity contribution in [3.63, 3.8) is 0 Å². The second-order valence-corrected chi connectivity index (χ2v) is 7.38. The van der Waals surface area contributed by atoms with E-state index in [1.54, 1.807) is 0 Å². The first-order valence-electron chi connectivity index (χ1n) is 7.92. The lowest BCUT2D eigenvalue weighted by Gasteiger charge is -2.17. The lowest BCUT2D eigenvalue weighted by molar-refractivity contribution is 0.521. The van der Waals surface area contributed by atoms with E-state index in [2.05, 4.69) is 15.3 Å². The number of benzene rings is 2. The number of halogens is 4. The summed E-state index contributed by atoms with van der Waals surface area (Å²) in [5, 5.41) is 2.39. The summed E-state index contributed by atoms with van der Waals surface area (Å²) in [4.78, 5) is 5.96. The van der Waals surface area contributed by atoms with Crippen LogP contribution in [0, 0.1) is 23.3 Å². The number of nitrogens with zero attached hydrogens (tertiary/aromatic N) is 2. The van der Waals surface area contributed by atoms with Crippen LogP contribution >= 0.6 is 0 Å². The number of hydrogen-bond acceptors (Lipinski definition) is 6. The predicted octanol–water partition coefficient (Wildman–Crippen LogP) is 2.90. The molecule has 4 N–H and O–H groups in total. The third-order valence-corrected chi connectivity index (χ3v) is 5.11. The summed E-state index contributed by atoms with van der Waals surface area (Å²) in [5.41, 5.74) is 5.15. The minimum atomic E-state index is -4.64. The average Bonchev–Trinajstić information content (AvgIpc) is 2.63. The average molecular weight is 427 g/mol. The van der Waals surface area contributed by atoms with Crippen LogP contribution in [0.3, 0.4) is 0 Å². The summed E-state index contributed by atoms with van der Waals surface area (Å²) in [5.74, 6) is -4.64. The summed E-state index contributed by atoms with van der Waals surface area (Å²) < 4.78 is 82.4. The minimum absolute atomic E-state index is 0.190. The topological polar surface area (TPSA) is 110 Å². The Hall–Kier alpha value is -3.25. The number of rotatable bonds is 6. The van der Waals surface area contributed by atoms with Gasteiger partial charge in [-0.3, -0.25) is 4.72 Å². The van der Waals surface area contributed by atoms with Crippen LogP contribution < -0.4 is 15.8 Å². The molecule has 12 heteroatoms. The highest BCUT2D eigenvalue weighted by Crippen LogP contribution is 2.27. The van der Waals surface area contributed by atoms with Crippen molar-refractivity contribution in [3.05, 3.63) is 77.8 Å². The van der Waals surface area contributed by atoms with Crippen molar-refractivity contribution in [2.24, 2.45) is 5.73 Å². The summed E-state index contributed by atoms with van der Waals surface area (Å²) in [6.07, 6.45) is 0.924. The summed E-state index contributed by atoms with van der Waals surface area (Å²) in [6.45, 7) is 0. The molecule has 0 aliphatic rings. The Morgan fingerprint density at radius 1 is 0.966 bits per heavy atom. The van der Waals surface area contributed by atoms with Gasteiger partial charge < -0.3 is 11.1 Å². The molecule has 152 valence electrons. The zero-order chi connectivity index (χ0) is 21.2. The fourth-order valence-electron chi connectivity index (χ4n) is 2.45. The first kappa shape index (κ1) is 20.5. The molecule has 0 spiro atoms. The van der Waals surface area contributed by atoms with Crippen molar-refractivity contribution in [3.8, 4) is 0 Å². The van der Waals surface area contributed by atoms with Crippen LogP contribution in [0.1, 0.15) is 11.7 Å². The van der Waals surface area contributed by atoms with Crippen LogP contribution in [0.25, 0.3) is 0 Å². The van der Waals surface area contributed by atoms with Crippen LogP contribution in [0.2, 0.25) is 0 Å². The lowest BCUT2D eigenvalue weighted by atomic mass is 10.1. The number of nitrogens with two attached hydrogens (primary N) is 1. The van der Waals surface area contributed by atoms with Gasteiger partial charge in [0, 0.05) is 17.4 Å². The van der Waals surface area contributed by atoms with E-state index in [0.29, 0.717) is 12.1 Å². The van der Waals surface area contributed by atoms with Gasteiger partial charge in [-0.15, -0.1) is 0 Å². The second-order valence-electron chi connectivity index (χ2n) is 5.76. The molecule has 29 heavy (non-hydrogen) atoms. The molecule has 0 saturated carbocycles. The van der Waals surface area contributed by atoms with Gasteiger partial charge in [0.15, 0.2) is 4.90 Å². The highest BCUT2D eigenvalue weighted by Gasteiger charge is 2.26. The quantitative estimate of drug-likeness (QED) is 0.412. The third kappa shape index (κ3) is 4.60. The highest BCUT2D eigenvalue weighted by molar-refractivity contribution is 7.92. The van der Waals surface area contributed by atoms with Crippen LogP contribution in [0.15, 0.2) is 53.8 Å². The molecule has 0 amide bonds. The zero-order valence-electron chi connectivity index (χ0n) is 14.4. The van der Waals surface area contributed by atoms with Gasteiger partial charge in [0.1, 0.15) is 41.6 Å². The van der Waals surface area contributed by atoms with Crippen molar-refractivity contribution in [2.75, 3.05) is 10.0 Å².